The number of nitrogens with one attached hydrogen (secondary N) is 1. The van der Waals surface area contributed by atoms with E-state index in [2.05, 4.69) is 46.0 Å². The van der Waals surface area contributed by atoms with Crippen LogP contribution in [0.5, 0.6) is 0 Å². The first-order valence-electron chi connectivity index (χ1n) is 7.70. The lowest BCUT2D eigenvalue weighted by Crippen LogP contribution is -2.38. The number of aromatic nitrogens is 2. The van der Waals surface area contributed by atoms with E-state index in [0.717, 1.165) is 37.7 Å². The first kappa shape index (κ1) is 15.2. The quantitative estimate of drug-likeness (QED) is 0.823. The monoisotopic (exact) mass is 277 g/mol. The third kappa shape index (κ3) is 4.15. The van der Waals surface area contributed by atoms with Gasteiger partial charge in [-0.2, -0.15) is 0 Å². The molecule has 112 valence electrons. The second-order valence-electron chi connectivity index (χ2n) is 5.54. The maximum absolute atomic E-state index is 4.47. The molecule has 5 nitrogen and oxygen atoms in total. The molecule has 1 fully saturated rings. The van der Waals surface area contributed by atoms with Gasteiger partial charge < -0.3 is 5.32 Å². The highest BCUT2D eigenvalue weighted by Crippen LogP contribution is 2.17. The Morgan fingerprint density at radius 1 is 1.35 bits per heavy atom. The van der Waals surface area contributed by atoms with Crippen LogP contribution < -0.4 is 5.32 Å². The van der Waals surface area contributed by atoms with Gasteiger partial charge in [0.25, 0.3) is 0 Å². The Bertz CT molecular complexity index is 392. The summed E-state index contributed by atoms with van der Waals surface area (Å²) in [4.78, 5) is 13.8. The first-order chi connectivity index (χ1) is 9.72. The minimum Gasteiger partial charge on any atom is -0.369 e. The number of hydrogen-bond acceptors (Lipinski definition) is 5. The third-order valence-corrected chi connectivity index (χ3v) is 3.92. The van der Waals surface area contributed by atoms with Crippen molar-refractivity contribution in [2.24, 2.45) is 0 Å². The predicted molar refractivity (Wildman–Crippen MR) is 82.8 cm³/mol. The van der Waals surface area contributed by atoms with Gasteiger partial charge in [0.05, 0.1) is 18.1 Å². The van der Waals surface area contributed by atoms with E-state index < -0.39 is 0 Å². The van der Waals surface area contributed by atoms with Crippen molar-refractivity contribution in [1.82, 2.24) is 19.8 Å². The van der Waals surface area contributed by atoms with E-state index in [0.29, 0.717) is 6.04 Å². The summed E-state index contributed by atoms with van der Waals surface area (Å²) < 4.78 is 0. The van der Waals surface area contributed by atoms with E-state index in [-0.39, 0.29) is 0 Å². The zero-order chi connectivity index (χ0) is 14.4. The summed E-state index contributed by atoms with van der Waals surface area (Å²) in [6.45, 7) is 9.59. The smallest absolute Gasteiger partial charge is 0.144 e. The summed E-state index contributed by atoms with van der Waals surface area (Å²) in [6, 6.07) is 0.707. The second-order valence-corrected chi connectivity index (χ2v) is 5.54. The van der Waals surface area contributed by atoms with Gasteiger partial charge in [-0.25, -0.2) is 4.98 Å². The van der Waals surface area contributed by atoms with Crippen molar-refractivity contribution in [3.8, 4) is 0 Å². The Morgan fingerprint density at radius 2 is 2.20 bits per heavy atom. The molecule has 0 aliphatic carbocycles. The number of hydrogen-bond donors (Lipinski definition) is 1. The van der Waals surface area contributed by atoms with Crippen molar-refractivity contribution in [3.05, 3.63) is 18.1 Å². The fraction of sp³-hybridized carbons (Fsp3) is 0.733. The minimum absolute atomic E-state index is 0.707. The molecule has 5 heteroatoms. The fourth-order valence-electron chi connectivity index (χ4n) is 2.93. The summed E-state index contributed by atoms with van der Waals surface area (Å²) in [5.41, 5.74) is 1.04. The minimum atomic E-state index is 0.707. The lowest BCUT2D eigenvalue weighted by molar-refractivity contribution is 0.193. The molecule has 1 unspecified atom stereocenters. The first-order valence-corrected chi connectivity index (χ1v) is 7.70. The molecule has 1 saturated heterocycles. The van der Waals surface area contributed by atoms with Gasteiger partial charge in [0.1, 0.15) is 5.82 Å². The van der Waals surface area contributed by atoms with Crippen LogP contribution in [-0.4, -0.2) is 59.0 Å². The molecule has 0 amide bonds. The molecule has 1 N–H and O–H groups in total. The lowest BCUT2D eigenvalue weighted by Gasteiger charge is -2.27. The highest BCUT2D eigenvalue weighted by molar-refractivity contribution is 5.30. The summed E-state index contributed by atoms with van der Waals surface area (Å²) >= 11 is 0. The molecule has 1 aliphatic rings. The van der Waals surface area contributed by atoms with Crippen molar-refractivity contribution < 1.29 is 0 Å². The lowest BCUT2D eigenvalue weighted by atomic mass is 10.2. The third-order valence-electron chi connectivity index (χ3n) is 3.92. The van der Waals surface area contributed by atoms with Crippen LogP contribution in [-0.2, 0) is 6.54 Å². The van der Waals surface area contributed by atoms with Crippen LogP contribution in [0.1, 0.15) is 32.4 Å². The Morgan fingerprint density at radius 3 is 2.85 bits per heavy atom. The van der Waals surface area contributed by atoms with E-state index in [4.69, 9.17) is 0 Å². The molecule has 20 heavy (non-hydrogen) atoms. The Labute approximate surface area is 122 Å². The molecule has 0 saturated carbocycles. The van der Waals surface area contributed by atoms with E-state index >= 15 is 0 Å². The van der Waals surface area contributed by atoms with Crippen LogP contribution in [0.25, 0.3) is 0 Å². The summed E-state index contributed by atoms with van der Waals surface area (Å²) in [6.07, 6.45) is 6.36. The predicted octanol–water partition coefficient (Wildman–Crippen LogP) is 1.82. The van der Waals surface area contributed by atoms with Gasteiger partial charge in [-0.3, -0.25) is 14.8 Å². The van der Waals surface area contributed by atoms with Gasteiger partial charge in [-0.05, 0) is 39.9 Å². The molecule has 2 heterocycles. The molecule has 0 spiro atoms. The van der Waals surface area contributed by atoms with Gasteiger partial charge in [0.15, 0.2) is 0 Å². The summed E-state index contributed by atoms with van der Waals surface area (Å²) in [5, 5.41) is 3.17. The van der Waals surface area contributed by atoms with Crippen LogP contribution in [0.15, 0.2) is 12.4 Å². The molecule has 0 aromatic carbocycles. The Hall–Kier alpha value is -1.20. The van der Waals surface area contributed by atoms with Crippen molar-refractivity contribution in [3.63, 3.8) is 0 Å². The van der Waals surface area contributed by atoms with Crippen LogP contribution in [0.4, 0.5) is 5.82 Å². The van der Waals surface area contributed by atoms with Crippen molar-refractivity contribution in [2.75, 3.05) is 38.5 Å². The van der Waals surface area contributed by atoms with Gasteiger partial charge in [0.2, 0.25) is 0 Å². The van der Waals surface area contributed by atoms with Gasteiger partial charge in [-0.1, -0.05) is 6.92 Å². The van der Waals surface area contributed by atoms with Crippen LogP contribution in [0.2, 0.25) is 0 Å². The second kappa shape index (κ2) is 7.55. The standard InChI is InChI=1S/C15H27N5/c1-4-16-15-10-17-13(9-18-15)11-19(3)12-14-7-6-8-20(14)5-2/h9-10,14H,4-8,11-12H2,1-3H3,(H,16,18). The van der Waals surface area contributed by atoms with Crippen molar-refractivity contribution in [1.29, 1.82) is 0 Å². The Balaban J connectivity index is 1.83. The number of rotatable bonds is 7. The van der Waals surface area contributed by atoms with Crippen LogP contribution in [0, 0.1) is 0 Å². The number of likely N-dealkylation sites (tertiary alicyclic amines) is 1. The Kier molecular flexibility index (Phi) is 5.73. The molecular formula is C15H27N5. The topological polar surface area (TPSA) is 44.3 Å². The highest BCUT2D eigenvalue weighted by Gasteiger charge is 2.23. The van der Waals surface area contributed by atoms with Gasteiger partial charge in [-0.15, -0.1) is 0 Å². The average Bonchev–Trinajstić information content (AvgIpc) is 2.88. The summed E-state index contributed by atoms with van der Waals surface area (Å²) in [5.74, 6) is 0.854. The largest absolute Gasteiger partial charge is 0.369 e. The summed E-state index contributed by atoms with van der Waals surface area (Å²) in [7, 11) is 2.17. The highest BCUT2D eigenvalue weighted by atomic mass is 15.2. The molecule has 2 rings (SSSR count). The zero-order valence-electron chi connectivity index (χ0n) is 13.0. The van der Waals surface area contributed by atoms with E-state index in [9.17, 15) is 0 Å². The van der Waals surface area contributed by atoms with E-state index in [1.807, 2.05) is 12.4 Å². The van der Waals surface area contributed by atoms with Gasteiger partial charge in [0, 0.05) is 25.7 Å². The van der Waals surface area contributed by atoms with Crippen molar-refractivity contribution >= 4 is 5.82 Å². The van der Waals surface area contributed by atoms with E-state index in [1.165, 1.54) is 19.4 Å². The molecule has 1 aliphatic heterocycles. The maximum atomic E-state index is 4.47. The zero-order valence-corrected chi connectivity index (χ0v) is 13.0. The van der Waals surface area contributed by atoms with E-state index in [1.54, 1.807) is 0 Å². The average molecular weight is 277 g/mol. The molecule has 1 aromatic heterocycles. The molecule has 0 bridgehead atoms. The molecule has 0 radical (unpaired) electrons. The van der Waals surface area contributed by atoms with Crippen LogP contribution >= 0.6 is 0 Å². The van der Waals surface area contributed by atoms with Crippen molar-refractivity contribution in [2.45, 2.75) is 39.3 Å². The SMILES string of the molecule is CCNc1cnc(CN(C)CC2CCCN2CC)cn1. The molecule has 1 aromatic rings. The number of nitrogens with zero attached hydrogens (tertiary/aromatic N) is 4. The maximum Gasteiger partial charge on any atom is 0.144 e. The fourth-order valence-corrected chi connectivity index (χ4v) is 2.93. The molecular weight excluding hydrogens is 250 g/mol. The number of likely N-dealkylation sites (N-methyl/N-ethyl adjacent to an activating group) is 2. The molecule has 1 atom stereocenters. The number of anilines is 1. The normalized spacial score (nSPS) is 19.7. The van der Waals surface area contributed by atoms with Gasteiger partial charge >= 0.3 is 0 Å². The van der Waals surface area contributed by atoms with Crippen LogP contribution in [0.3, 0.4) is 0 Å².